The molecule has 25 heavy (non-hydrogen) atoms. The zero-order valence-electron chi connectivity index (χ0n) is 14.1. The predicted molar refractivity (Wildman–Crippen MR) is 92.3 cm³/mol. The van der Waals surface area contributed by atoms with Crippen LogP contribution in [0.25, 0.3) is 11.0 Å². The highest BCUT2D eigenvalue weighted by atomic mass is 35.5. The smallest absolute Gasteiger partial charge is 0.323 e. The van der Waals surface area contributed by atoms with Crippen LogP contribution in [0.1, 0.15) is 5.56 Å². The molecule has 0 spiro atoms. The van der Waals surface area contributed by atoms with Crippen LogP contribution in [0.4, 0.5) is 5.69 Å². The lowest BCUT2D eigenvalue weighted by Gasteiger charge is -2.15. The van der Waals surface area contributed by atoms with E-state index in [0.717, 1.165) is 22.3 Å². The van der Waals surface area contributed by atoms with Crippen LogP contribution in [0.5, 0.6) is 17.2 Å². The Hall–Kier alpha value is -2.80. The van der Waals surface area contributed by atoms with Crippen molar-refractivity contribution >= 4 is 16.7 Å². The highest BCUT2D eigenvalue weighted by Gasteiger charge is 2.11. The van der Waals surface area contributed by atoms with Gasteiger partial charge < -0.3 is 41.9 Å². The molecule has 0 bridgehead atoms. The van der Waals surface area contributed by atoms with Crippen LogP contribution in [-0.4, -0.2) is 31.3 Å². The molecule has 7 nitrogen and oxygen atoms in total. The Morgan fingerprint density at radius 2 is 1.52 bits per heavy atom. The Bertz CT molecular complexity index is 920. The molecule has 1 heterocycles. The molecule has 1 aromatic heterocycles. The van der Waals surface area contributed by atoms with Gasteiger partial charge in [-0.25, -0.2) is 4.79 Å². The van der Waals surface area contributed by atoms with E-state index in [1.165, 1.54) is 0 Å². The molecule has 0 fully saturated rings. The second-order valence-corrected chi connectivity index (χ2v) is 5.21. The van der Waals surface area contributed by atoms with Gasteiger partial charge in [0.2, 0.25) is 0 Å². The molecule has 3 aromatic rings. The first-order valence-electron chi connectivity index (χ1n) is 7.39. The van der Waals surface area contributed by atoms with Gasteiger partial charge >= 0.3 is 5.69 Å². The summed E-state index contributed by atoms with van der Waals surface area (Å²) in [5.41, 5.74) is 3.12. The standard InChI is InChI=1S/C17H19N3O4.ClH/c1-22-14-8-16(24-3)15(23-2)6-10(14)9-18-11-4-5-12-13(7-11)20-17(21)19-12;/h4-8,18H,9H2,1-3H3,(H2,19,20,21);1H/p-1. The van der Waals surface area contributed by atoms with E-state index in [2.05, 4.69) is 15.3 Å². The lowest BCUT2D eigenvalue weighted by Crippen LogP contribution is -3.00. The normalized spacial score (nSPS) is 10.2. The number of methoxy groups -OCH3 is 3. The monoisotopic (exact) mass is 364 g/mol. The molecule has 134 valence electrons. The van der Waals surface area contributed by atoms with Crippen molar-refractivity contribution in [2.45, 2.75) is 6.54 Å². The van der Waals surface area contributed by atoms with E-state index in [0.29, 0.717) is 23.8 Å². The number of hydrogen-bond donors (Lipinski definition) is 3. The number of rotatable bonds is 6. The fraction of sp³-hybridized carbons (Fsp3) is 0.235. The van der Waals surface area contributed by atoms with E-state index >= 15 is 0 Å². The van der Waals surface area contributed by atoms with Crippen molar-refractivity contribution in [2.75, 3.05) is 26.6 Å². The first-order valence-corrected chi connectivity index (χ1v) is 7.39. The van der Waals surface area contributed by atoms with Gasteiger partial charge in [0, 0.05) is 23.9 Å². The second-order valence-electron chi connectivity index (χ2n) is 5.21. The molecule has 0 unspecified atom stereocenters. The van der Waals surface area contributed by atoms with Gasteiger partial charge in [-0.2, -0.15) is 0 Å². The summed E-state index contributed by atoms with van der Waals surface area (Å²) >= 11 is 0. The average Bonchev–Trinajstić information content (AvgIpc) is 2.98. The summed E-state index contributed by atoms with van der Waals surface area (Å²) in [4.78, 5) is 16.8. The zero-order valence-corrected chi connectivity index (χ0v) is 14.9. The number of hydrogen-bond acceptors (Lipinski definition) is 5. The number of imidazole rings is 1. The molecule has 0 atom stereocenters. The van der Waals surface area contributed by atoms with Crippen LogP contribution in [0.2, 0.25) is 0 Å². The second kappa shape index (κ2) is 7.85. The lowest BCUT2D eigenvalue weighted by molar-refractivity contribution is -0.00000587. The number of nitrogens with one attached hydrogen (secondary N) is 3. The van der Waals surface area contributed by atoms with Crippen molar-refractivity contribution in [1.82, 2.24) is 9.97 Å². The molecule has 0 aliphatic carbocycles. The number of aromatic nitrogens is 2. The maximum Gasteiger partial charge on any atom is 0.323 e. The summed E-state index contributed by atoms with van der Waals surface area (Å²) in [5.74, 6) is 1.96. The van der Waals surface area contributed by atoms with E-state index in [1.54, 1.807) is 27.4 Å². The zero-order chi connectivity index (χ0) is 17.1. The van der Waals surface area contributed by atoms with Crippen LogP contribution >= 0.6 is 0 Å². The third kappa shape index (κ3) is 3.83. The van der Waals surface area contributed by atoms with Gasteiger partial charge in [-0.15, -0.1) is 0 Å². The van der Waals surface area contributed by atoms with Crippen molar-refractivity contribution < 1.29 is 26.6 Å². The van der Waals surface area contributed by atoms with Gasteiger partial charge in [0.05, 0.1) is 32.4 Å². The molecule has 0 aliphatic rings. The van der Waals surface area contributed by atoms with E-state index in [9.17, 15) is 4.79 Å². The van der Waals surface area contributed by atoms with Crippen LogP contribution in [0.3, 0.4) is 0 Å². The van der Waals surface area contributed by atoms with Crippen molar-refractivity contribution in [3.05, 3.63) is 46.4 Å². The third-order valence-corrected chi connectivity index (χ3v) is 3.79. The number of fused-ring (bicyclic) bond motifs is 1. The maximum absolute atomic E-state index is 11.3. The Morgan fingerprint density at radius 1 is 0.880 bits per heavy atom. The molecule has 0 aliphatic heterocycles. The summed E-state index contributed by atoms with van der Waals surface area (Å²) in [6, 6.07) is 9.30. The van der Waals surface area contributed by atoms with E-state index in [-0.39, 0.29) is 18.1 Å². The van der Waals surface area contributed by atoms with Crippen LogP contribution < -0.4 is 37.6 Å². The lowest BCUT2D eigenvalue weighted by atomic mass is 10.1. The van der Waals surface area contributed by atoms with Gasteiger partial charge in [-0.3, -0.25) is 0 Å². The van der Waals surface area contributed by atoms with Crippen molar-refractivity contribution in [3.63, 3.8) is 0 Å². The maximum atomic E-state index is 11.3. The minimum atomic E-state index is -0.219. The molecule has 3 rings (SSSR count). The van der Waals surface area contributed by atoms with Gasteiger partial charge in [-0.1, -0.05) is 0 Å². The molecule has 3 N–H and O–H groups in total. The van der Waals surface area contributed by atoms with Crippen molar-refractivity contribution in [2.24, 2.45) is 0 Å². The van der Waals surface area contributed by atoms with Gasteiger partial charge in [0.15, 0.2) is 11.5 Å². The summed E-state index contributed by atoms with van der Waals surface area (Å²) in [7, 11) is 4.79. The number of halogens is 1. The van der Waals surface area contributed by atoms with E-state index in [4.69, 9.17) is 14.2 Å². The van der Waals surface area contributed by atoms with Gasteiger partial charge in [0.25, 0.3) is 0 Å². The van der Waals surface area contributed by atoms with Crippen molar-refractivity contribution in [1.29, 1.82) is 0 Å². The quantitative estimate of drug-likeness (QED) is 0.549. The fourth-order valence-corrected chi connectivity index (χ4v) is 2.57. The molecule has 8 heteroatoms. The Labute approximate surface area is 150 Å². The highest BCUT2D eigenvalue weighted by Crippen LogP contribution is 2.35. The molecule has 2 aromatic carbocycles. The summed E-state index contributed by atoms with van der Waals surface area (Å²) in [5, 5.41) is 3.31. The SMILES string of the molecule is COc1cc(OC)c(OC)cc1CNc1ccc2[nH]c(=O)[nH]c2c1.[Cl-]. The van der Waals surface area contributed by atoms with Crippen LogP contribution in [0.15, 0.2) is 35.1 Å². The Kier molecular flexibility index (Phi) is 5.82. The topological polar surface area (TPSA) is 88.4 Å². The van der Waals surface area contributed by atoms with Gasteiger partial charge in [0.1, 0.15) is 5.75 Å². The minimum absolute atomic E-state index is 0. The fourth-order valence-electron chi connectivity index (χ4n) is 2.57. The molecule has 0 saturated carbocycles. The van der Waals surface area contributed by atoms with Crippen LogP contribution in [-0.2, 0) is 6.54 Å². The molecule has 0 radical (unpaired) electrons. The number of ether oxygens (including phenoxy) is 3. The highest BCUT2D eigenvalue weighted by molar-refractivity contribution is 5.78. The summed E-state index contributed by atoms with van der Waals surface area (Å²) < 4.78 is 16.0. The first kappa shape index (κ1) is 18.5. The van der Waals surface area contributed by atoms with Crippen molar-refractivity contribution in [3.8, 4) is 17.2 Å². The number of aromatic amines is 2. The number of benzene rings is 2. The predicted octanol–water partition coefficient (Wildman–Crippen LogP) is -0.502. The summed E-state index contributed by atoms with van der Waals surface area (Å²) in [6.07, 6.45) is 0. The van der Waals surface area contributed by atoms with E-state index in [1.807, 2.05) is 24.3 Å². The number of H-pyrrole nitrogens is 2. The molecule has 0 saturated heterocycles. The van der Waals surface area contributed by atoms with Crippen LogP contribution in [0, 0.1) is 0 Å². The molecular formula is C17H19ClN3O4-. The largest absolute Gasteiger partial charge is 1.00 e. The third-order valence-electron chi connectivity index (χ3n) is 3.79. The number of anilines is 1. The molecular weight excluding hydrogens is 346 g/mol. The van der Waals surface area contributed by atoms with Gasteiger partial charge in [-0.05, 0) is 24.3 Å². The minimum Gasteiger partial charge on any atom is -1.00 e. The Morgan fingerprint density at radius 3 is 2.20 bits per heavy atom. The molecule has 0 amide bonds. The first-order chi connectivity index (χ1) is 11.6. The summed E-state index contributed by atoms with van der Waals surface area (Å²) in [6.45, 7) is 0.531. The Balaban J connectivity index is 0.00000225. The average molecular weight is 365 g/mol. The van der Waals surface area contributed by atoms with E-state index < -0.39 is 0 Å².